The molecule has 0 aliphatic heterocycles. The summed E-state index contributed by atoms with van der Waals surface area (Å²) in [6, 6.07) is -0.548. The molecule has 0 aromatic heterocycles. The number of unbranched alkanes of at least 4 members (excludes halogenated alkanes) is 32. The van der Waals surface area contributed by atoms with Gasteiger partial charge in [-0.2, -0.15) is 0 Å². The Kier molecular flexibility index (Phi) is 48.1. The van der Waals surface area contributed by atoms with Crippen LogP contribution >= 0.6 is 0 Å². The van der Waals surface area contributed by atoms with Gasteiger partial charge in [0.1, 0.15) is 0 Å². The SMILES string of the molecule is CCCCC/C=C\CCCCCCCC(=O)OCCCCC/C=C\C=C/CCCCCCCCCCCCC(=O)NC(CO)C(O)CCCCCCCCCCCCCC. The smallest absolute Gasteiger partial charge is 0.305 e. The molecule has 0 aliphatic rings. The fraction of sp³-hybridized carbons (Fsp3) is 0.852. The zero-order chi connectivity index (χ0) is 43.7. The molecule has 6 nitrogen and oxygen atoms in total. The quantitative estimate of drug-likeness (QED) is 0.0245. The molecular weight excluding hydrogens is 743 g/mol. The molecule has 0 aromatic carbocycles. The van der Waals surface area contributed by atoms with Crippen LogP contribution in [0.25, 0.3) is 0 Å². The van der Waals surface area contributed by atoms with Gasteiger partial charge in [-0.15, -0.1) is 0 Å². The molecule has 2 atom stereocenters. The Labute approximate surface area is 373 Å². The molecule has 352 valence electrons. The number of rotatable bonds is 48. The molecule has 0 aromatic rings. The minimum absolute atomic E-state index is 0.0240. The van der Waals surface area contributed by atoms with Crippen molar-refractivity contribution in [2.75, 3.05) is 13.2 Å². The van der Waals surface area contributed by atoms with Crippen LogP contribution in [-0.2, 0) is 14.3 Å². The average molecular weight is 844 g/mol. The van der Waals surface area contributed by atoms with Crippen molar-refractivity contribution in [1.82, 2.24) is 5.32 Å². The second kappa shape index (κ2) is 49.7. The molecule has 0 saturated carbocycles. The monoisotopic (exact) mass is 844 g/mol. The average Bonchev–Trinajstić information content (AvgIpc) is 3.25. The summed E-state index contributed by atoms with van der Waals surface area (Å²) in [6.45, 7) is 4.87. The molecule has 0 saturated heterocycles. The van der Waals surface area contributed by atoms with Gasteiger partial charge in [0.25, 0.3) is 0 Å². The lowest BCUT2D eigenvalue weighted by Crippen LogP contribution is -2.45. The van der Waals surface area contributed by atoms with Gasteiger partial charge in [-0.3, -0.25) is 9.59 Å². The van der Waals surface area contributed by atoms with E-state index in [-0.39, 0.29) is 18.5 Å². The number of hydrogen-bond acceptors (Lipinski definition) is 5. The van der Waals surface area contributed by atoms with Crippen LogP contribution in [0.2, 0.25) is 0 Å². The molecule has 0 fully saturated rings. The van der Waals surface area contributed by atoms with Crippen LogP contribution in [-0.4, -0.2) is 47.4 Å². The van der Waals surface area contributed by atoms with Gasteiger partial charge in [0.15, 0.2) is 0 Å². The second-order valence-corrected chi connectivity index (χ2v) is 17.9. The van der Waals surface area contributed by atoms with Gasteiger partial charge in [0, 0.05) is 12.8 Å². The summed E-state index contributed by atoms with van der Waals surface area (Å²) >= 11 is 0. The van der Waals surface area contributed by atoms with E-state index < -0.39 is 12.1 Å². The first-order valence-electron chi connectivity index (χ1n) is 26.3. The molecule has 60 heavy (non-hydrogen) atoms. The van der Waals surface area contributed by atoms with E-state index in [4.69, 9.17) is 4.74 Å². The predicted octanol–water partition coefficient (Wildman–Crippen LogP) is 15.7. The summed E-state index contributed by atoms with van der Waals surface area (Å²) in [5.74, 6) is -0.0703. The van der Waals surface area contributed by atoms with Gasteiger partial charge in [0.05, 0.1) is 25.4 Å². The molecule has 0 rings (SSSR count). The standard InChI is InChI=1S/C54H101NO5/c1-3-5-7-9-11-13-15-26-30-34-38-42-46-52(57)51(50-56)55-53(58)47-43-39-35-31-27-24-22-20-18-17-19-21-23-25-29-33-37-41-45-49-60-54(59)48-44-40-36-32-28-16-14-12-10-8-6-4-2/h12,14,21,23,25,29,51-52,56-57H,3-11,13,15-20,22,24,26-28,30-50H2,1-2H3,(H,55,58)/b14-12-,23-21-,29-25-. The van der Waals surface area contributed by atoms with Crippen molar-refractivity contribution in [2.45, 2.75) is 283 Å². The van der Waals surface area contributed by atoms with E-state index in [2.05, 4.69) is 55.6 Å². The van der Waals surface area contributed by atoms with Crippen molar-refractivity contribution in [3.05, 3.63) is 36.5 Å². The van der Waals surface area contributed by atoms with E-state index in [1.807, 2.05) is 0 Å². The predicted molar refractivity (Wildman–Crippen MR) is 259 cm³/mol. The maximum absolute atomic E-state index is 12.4. The van der Waals surface area contributed by atoms with Gasteiger partial charge in [-0.25, -0.2) is 0 Å². The van der Waals surface area contributed by atoms with Crippen LogP contribution in [0.15, 0.2) is 36.5 Å². The number of carbonyl (C=O) groups excluding carboxylic acids is 2. The molecule has 2 unspecified atom stereocenters. The minimum Gasteiger partial charge on any atom is -0.466 e. The minimum atomic E-state index is -0.670. The van der Waals surface area contributed by atoms with Crippen molar-refractivity contribution >= 4 is 11.9 Å². The molecule has 1 amide bonds. The van der Waals surface area contributed by atoms with Gasteiger partial charge in [0.2, 0.25) is 5.91 Å². The van der Waals surface area contributed by atoms with Crippen LogP contribution in [0.3, 0.4) is 0 Å². The first kappa shape index (κ1) is 58.1. The largest absolute Gasteiger partial charge is 0.466 e. The molecule has 6 heteroatoms. The van der Waals surface area contributed by atoms with Crippen molar-refractivity contribution < 1.29 is 24.5 Å². The van der Waals surface area contributed by atoms with Gasteiger partial charge in [-0.1, -0.05) is 211 Å². The summed E-state index contributed by atoms with van der Waals surface area (Å²) in [4.78, 5) is 24.4. The highest BCUT2D eigenvalue weighted by molar-refractivity contribution is 5.76. The third-order valence-electron chi connectivity index (χ3n) is 11.9. The number of hydrogen-bond donors (Lipinski definition) is 3. The van der Waals surface area contributed by atoms with Crippen molar-refractivity contribution in [2.24, 2.45) is 0 Å². The Morgan fingerprint density at radius 3 is 1.32 bits per heavy atom. The van der Waals surface area contributed by atoms with Crippen LogP contribution < -0.4 is 5.32 Å². The fourth-order valence-corrected chi connectivity index (χ4v) is 7.86. The molecule has 0 radical (unpaired) electrons. The lowest BCUT2D eigenvalue weighted by molar-refractivity contribution is -0.143. The lowest BCUT2D eigenvalue weighted by atomic mass is 10.0. The third-order valence-corrected chi connectivity index (χ3v) is 11.9. The zero-order valence-electron chi connectivity index (χ0n) is 39.9. The first-order chi connectivity index (χ1) is 29.5. The second-order valence-electron chi connectivity index (χ2n) is 17.9. The molecule has 0 aliphatic carbocycles. The molecule has 0 heterocycles. The highest BCUT2D eigenvalue weighted by Gasteiger charge is 2.20. The van der Waals surface area contributed by atoms with Crippen LogP contribution in [0.1, 0.15) is 271 Å². The first-order valence-corrected chi connectivity index (χ1v) is 26.3. The van der Waals surface area contributed by atoms with Crippen molar-refractivity contribution in [3.8, 4) is 0 Å². The Morgan fingerprint density at radius 1 is 0.467 bits per heavy atom. The highest BCUT2D eigenvalue weighted by atomic mass is 16.5. The Hall–Kier alpha value is -1.92. The van der Waals surface area contributed by atoms with Crippen molar-refractivity contribution in [1.29, 1.82) is 0 Å². The van der Waals surface area contributed by atoms with E-state index in [0.29, 0.717) is 25.9 Å². The maximum atomic E-state index is 12.4. The maximum Gasteiger partial charge on any atom is 0.305 e. The number of aliphatic hydroxyl groups is 2. The fourth-order valence-electron chi connectivity index (χ4n) is 7.86. The number of nitrogens with one attached hydrogen (secondary N) is 1. The van der Waals surface area contributed by atoms with Gasteiger partial charge >= 0.3 is 5.97 Å². The number of esters is 1. The molecule has 0 bridgehead atoms. The summed E-state index contributed by atoms with van der Waals surface area (Å²) in [6.07, 6.45) is 59.8. The number of aliphatic hydroxyl groups excluding tert-OH is 2. The number of amides is 1. The number of ether oxygens (including phenoxy) is 1. The molecule has 3 N–H and O–H groups in total. The number of carbonyl (C=O) groups is 2. The van der Waals surface area contributed by atoms with E-state index in [0.717, 1.165) is 70.6 Å². The van der Waals surface area contributed by atoms with E-state index >= 15 is 0 Å². The van der Waals surface area contributed by atoms with Gasteiger partial charge in [-0.05, 0) is 83.5 Å². The van der Waals surface area contributed by atoms with Crippen LogP contribution in [0.5, 0.6) is 0 Å². The van der Waals surface area contributed by atoms with E-state index in [1.165, 1.54) is 167 Å². The summed E-state index contributed by atoms with van der Waals surface area (Å²) in [5, 5.41) is 23.2. The lowest BCUT2D eigenvalue weighted by Gasteiger charge is -2.22. The summed E-state index contributed by atoms with van der Waals surface area (Å²) < 4.78 is 5.43. The van der Waals surface area contributed by atoms with E-state index in [1.54, 1.807) is 0 Å². The Bertz CT molecular complexity index is 977. The normalized spacial score (nSPS) is 12.9. The number of allylic oxidation sites excluding steroid dienone is 6. The van der Waals surface area contributed by atoms with Crippen LogP contribution in [0, 0.1) is 0 Å². The topological polar surface area (TPSA) is 95.9 Å². The Balaban J connectivity index is 3.49. The summed E-state index contributed by atoms with van der Waals surface area (Å²) in [7, 11) is 0. The zero-order valence-corrected chi connectivity index (χ0v) is 39.9. The van der Waals surface area contributed by atoms with Gasteiger partial charge < -0.3 is 20.3 Å². The molecule has 0 spiro atoms. The van der Waals surface area contributed by atoms with Crippen LogP contribution in [0.4, 0.5) is 0 Å². The molecular formula is C54H101NO5. The highest BCUT2D eigenvalue weighted by Crippen LogP contribution is 2.16. The Morgan fingerprint density at radius 2 is 0.833 bits per heavy atom. The summed E-state index contributed by atoms with van der Waals surface area (Å²) in [5.41, 5.74) is 0. The third kappa shape index (κ3) is 45.6. The van der Waals surface area contributed by atoms with E-state index in [9.17, 15) is 19.8 Å². The van der Waals surface area contributed by atoms with Crippen molar-refractivity contribution in [3.63, 3.8) is 0 Å².